The van der Waals surface area contributed by atoms with E-state index in [0.717, 1.165) is 49.3 Å². The van der Waals surface area contributed by atoms with Crippen molar-refractivity contribution in [1.29, 1.82) is 0 Å². The van der Waals surface area contributed by atoms with Gasteiger partial charge in [0.15, 0.2) is 0 Å². The van der Waals surface area contributed by atoms with E-state index >= 15 is 0 Å². The molecule has 0 aromatic heterocycles. The van der Waals surface area contributed by atoms with Gasteiger partial charge in [-0.25, -0.2) is 4.79 Å². The third-order valence-corrected chi connectivity index (χ3v) is 5.71. The summed E-state index contributed by atoms with van der Waals surface area (Å²) >= 11 is 0. The van der Waals surface area contributed by atoms with E-state index in [4.69, 9.17) is 0 Å². The fraction of sp³-hybridized carbons (Fsp3) is 0.550. The van der Waals surface area contributed by atoms with Gasteiger partial charge < -0.3 is 5.32 Å². The molecule has 3 amide bonds. The predicted octanol–water partition coefficient (Wildman–Crippen LogP) is 2.77. The number of hydrogen-bond donors (Lipinski definition) is 1. The van der Waals surface area contributed by atoms with Crippen LogP contribution >= 0.6 is 0 Å². The summed E-state index contributed by atoms with van der Waals surface area (Å²) in [5, 5.41) is 3.16. The summed E-state index contributed by atoms with van der Waals surface area (Å²) in [6.07, 6.45) is 5.44. The van der Waals surface area contributed by atoms with E-state index in [1.807, 2.05) is 24.3 Å². The lowest BCUT2D eigenvalue weighted by molar-refractivity contribution is -0.121. The molecule has 6 nitrogen and oxygen atoms in total. The van der Waals surface area contributed by atoms with E-state index in [2.05, 4.69) is 17.2 Å². The second kappa shape index (κ2) is 7.09. The Morgan fingerprint density at radius 1 is 1.23 bits per heavy atom. The molecule has 2 heterocycles. The zero-order chi connectivity index (χ0) is 18.1. The van der Waals surface area contributed by atoms with Gasteiger partial charge in [-0.05, 0) is 37.3 Å². The minimum Gasteiger partial charge on any atom is -0.352 e. The molecule has 0 bridgehead atoms. The molecule has 0 saturated heterocycles. The standard InChI is InChI=1S/C20H26N4O2/c1-14-7-2-4-9-16(14)22-18(25)13-24-17-10-5-3-8-15(17)19-21-11-6-12-23(19)20(24)26/h3,5,8,10,14,16H,2,4,6-7,9,11-13H2,1H3,(H,22,25). The molecule has 1 fully saturated rings. The predicted molar refractivity (Wildman–Crippen MR) is 101 cm³/mol. The molecule has 1 aromatic rings. The summed E-state index contributed by atoms with van der Waals surface area (Å²) in [5.74, 6) is 1.16. The minimum absolute atomic E-state index is 0.0584. The van der Waals surface area contributed by atoms with E-state index in [-0.39, 0.29) is 24.5 Å². The number of benzene rings is 1. The number of para-hydroxylation sites is 1. The Balaban J connectivity index is 1.55. The van der Waals surface area contributed by atoms with Gasteiger partial charge in [-0.3, -0.25) is 19.6 Å². The van der Waals surface area contributed by atoms with Gasteiger partial charge >= 0.3 is 6.03 Å². The van der Waals surface area contributed by atoms with Gasteiger partial charge in [0.05, 0.1) is 5.69 Å². The lowest BCUT2D eigenvalue weighted by Gasteiger charge is -2.39. The van der Waals surface area contributed by atoms with Crippen molar-refractivity contribution in [1.82, 2.24) is 10.2 Å². The zero-order valence-corrected chi connectivity index (χ0v) is 15.3. The summed E-state index contributed by atoms with van der Waals surface area (Å²) in [4.78, 5) is 33.6. The Morgan fingerprint density at radius 3 is 2.88 bits per heavy atom. The van der Waals surface area contributed by atoms with Crippen LogP contribution in [0.15, 0.2) is 29.3 Å². The van der Waals surface area contributed by atoms with Crippen LogP contribution in [-0.2, 0) is 4.79 Å². The normalized spacial score (nSPS) is 25.3. The number of anilines is 1. The molecule has 26 heavy (non-hydrogen) atoms. The van der Waals surface area contributed by atoms with Crippen LogP contribution in [0.2, 0.25) is 0 Å². The summed E-state index contributed by atoms with van der Waals surface area (Å²) in [6, 6.07) is 7.81. The fourth-order valence-corrected chi connectivity index (χ4v) is 4.25. The van der Waals surface area contributed by atoms with Crippen molar-refractivity contribution in [2.45, 2.75) is 45.1 Å². The quantitative estimate of drug-likeness (QED) is 0.907. The summed E-state index contributed by atoms with van der Waals surface area (Å²) in [7, 11) is 0. The van der Waals surface area contributed by atoms with Crippen molar-refractivity contribution in [3.8, 4) is 0 Å². The Kier molecular flexibility index (Phi) is 4.66. The number of urea groups is 1. The van der Waals surface area contributed by atoms with E-state index in [0.29, 0.717) is 12.5 Å². The minimum atomic E-state index is -0.144. The summed E-state index contributed by atoms with van der Waals surface area (Å²) in [6.45, 7) is 3.65. The molecule has 2 unspecified atom stereocenters. The molecule has 2 aliphatic heterocycles. The highest BCUT2D eigenvalue weighted by Gasteiger charge is 2.37. The molecule has 6 heteroatoms. The Labute approximate surface area is 154 Å². The highest BCUT2D eigenvalue weighted by molar-refractivity contribution is 6.20. The number of amides is 3. The van der Waals surface area contributed by atoms with Crippen molar-refractivity contribution in [2.75, 3.05) is 24.5 Å². The van der Waals surface area contributed by atoms with Crippen molar-refractivity contribution < 1.29 is 9.59 Å². The van der Waals surface area contributed by atoms with Crippen LogP contribution in [-0.4, -0.2) is 48.3 Å². The Bertz CT molecular complexity index is 745. The topological polar surface area (TPSA) is 65.0 Å². The summed E-state index contributed by atoms with van der Waals surface area (Å²) in [5.41, 5.74) is 1.71. The molecule has 2 atom stereocenters. The largest absolute Gasteiger partial charge is 0.352 e. The lowest BCUT2D eigenvalue weighted by atomic mass is 9.86. The van der Waals surface area contributed by atoms with Crippen molar-refractivity contribution in [3.63, 3.8) is 0 Å². The van der Waals surface area contributed by atoms with E-state index in [9.17, 15) is 9.59 Å². The molecule has 1 saturated carbocycles. The summed E-state index contributed by atoms with van der Waals surface area (Å²) < 4.78 is 0. The van der Waals surface area contributed by atoms with Gasteiger partial charge in [-0.2, -0.15) is 0 Å². The van der Waals surface area contributed by atoms with Crippen LogP contribution < -0.4 is 10.2 Å². The van der Waals surface area contributed by atoms with E-state index in [1.165, 1.54) is 6.42 Å². The molecule has 1 aliphatic carbocycles. The average Bonchev–Trinajstić information content (AvgIpc) is 2.67. The number of aliphatic imine (C=N–C) groups is 1. The van der Waals surface area contributed by atoms with Crippen LogP contribution in [0.3, 0.4) is 0 Å². The number of amidine groups is 1. The first-order valence-electron chi connectivity index (χ1n) is 9.67. The van der Waals surface area contributed by atoms with Crippen molar-refractivity contribution in [3.05, 3.63) is 29.8 Å². The second-order valence-electron chi connectivity index (χ2n) is 7.53. The number of hydrogen-bond acceptors (Lipinski definition) is 3. The highest BCUT2D eigenvalue weighted by Crippen LogP contribution is 2.30. The Hall–Kier alpha value is -2.37. The molecule has 1 aromatic carbocycles. The SMILES string of the molecule is CC1CCCCC1NC(=O)CN1C(=O)N2CCCN=C2c2ccccc21. The maximum absolute atomic E-state index is 13.0. The van der Waals surface area contributed by atoms with Crippen LogP contribution in [0.4, 0.5) is 10.5 Å². The lowest BCUT2D eigenvalue weighted by Crippen LogP contribution is -2.56. The number of rotatable bonds is 3. The first kappa shape index (κ1) is 17.1. The molecule has 1 N–H and O–H groups in total. The highest BCUT2D eigenvalue weighted by atomic mass is 16.2. The number of carbonyl (C=O) groups is 2. The Morgan fingerprint density at radius 2 is 2.04 bits per heavy atom. The molecule has 0 spiro atoms. The molecular formula is C20H26N4O2. The molecule has 0 radical (unpaired) electrons. The van der Waals surface area contributed by atoms with Crippen LogP contribution in [0.5, 0.6) is 0 Å². The maximum Gasteiger partial charge on any atom is 0.330 e. The van der Waals surface area contributed by atoms with E-state index in [1.54, 1.807) is 9.80 Å². The van der Waals surface area contributed by atoms with Gasteiger partial charge in [0.2, 0.25) is 5.91 Å². The number of nitrogens with one attached hydrogen (secondary N) is 1. The van der Waals surface area contributed by atoms with Gasteiger partial charge in [0.25, 0.3) is 0 Å². The second-order valence-corrected chi connectivity index (χ2v) is 7.53. The first-order valence-corrected chi connectivity index (χ1v) is 9.67. The van der Waals surface area contributed by atoms with Gasteiger partial charge in [0.1, 0.15) is 12.4 Å². The molecular weight excluding hydrogens is 328 g/mol. The molecule has 4 rings (SSSR count). The van der Waals surface area contributed by atoms with Crippen LogP contribution in [0.25, 0.3) is 0 Å². The first-order chi connectivity index (χ1) is 12.6. The van der Waals surface area contributed by atoms with Crippen LogP contribution in [0.1, 0.15) is 44.6 Å². The average molecular weight is 354 g/mol. The third kappa shape index (κ3) is 3.08. The van der Waals surface area contributed by atoms with Crippen molar-refractivity contribution in [2.24, 2.45) is 10.9 Å². The van der Waals surface area contributed by atoms with Gasteiger partial charge in [-0.15, -0.1) is 0 Å². The third-order valence-electron chi connectivity index (χ3n) is 5.71. The monoisotopic (exact) mass is 354 g/mol. The van der Waals surface area contributed by atoms with Gasteiger partial charge in [-0.1, -0.05) is 31.9 Å². The smallest absolute Gasteiger partial charge is 0.330 e. The zero-order valence-electron chi connectivity index (χ0n) is 15.3. The van der Waals surface area contributed by atoms with Crippen LogP contribution in [0, 0.1) is 5.92 Å². The van der Waals surface area contributed by atoms with Gasteiger partial charge in [0, 0.05) is 24.7 Å². The van der Waals surface area contributed by atoms with E-state index < -0.39 is 0 Å². The fourth-order valence-electron chi connectivity index (χ4n) is 4.25. The number of fused-ring (bicyclic) bond motifs is 3. The maximum atomic E-state index is 13.0. The molecule has 3 aliphatic rings. The van der Waals surface area contributed by atoms with Crippen molar-refractivity contribution >= 4 is 23.5 Å². The number of nitrogens with zero attached hydrogens (tertiary/aromatic N) is 3. The molecule has 138 valence electrons. The number of carbonyl (C=O) groups excluding carboxylic acids is 2.